The van der Waals surface area contributed by atoms with Crippen LogP contribution in [0.15, 0.2) is 18.7 Å². The number of anilines is 1. The third-order valence-corrected chi connectivity index (χ3v) is 2.50. The minimum absolute atomic E-state index is 0.119. The normalized spacial score (nSPS) is 10.8. The summed E-state index contributed by atoms with van der Waals surface area (Å²) in [5, 5.41) is 14.2. The molecule has 20 heavy (non-hydrogen) atoms. The number of nitro benzene ring substituents is 1. The van der Waals surface area contributed by atoms with Gasteiger partial charge in [0, 0.05) is 11.6 Å². The molecular weight excluding hydrogens is 260 g/mol. The molecule has 0 radical (unpaired) electrons. The highest BCUT2D eigenvalue weighted by Gasteiger charge is 2.23. The van der Waals surface area contributed by atoms with Gasteiger partial charge < -0.3 is 10.1 Å². The highest BCUT2D eigenvalue weighted by molar-refractivity contribution is 5.95. The first-order valence-corrected chi connectivity index (χ1v) is 6.01. The van der Waals surface area contributed by atoms with E-state index in [1.165, 1.54) is 25.3 Å². The van der Waals surface area contributed by atoms with Gasteiger partial charge in [-0.05, 0) is 32.4 Å². The Bertz CT molecular complexity index is 559. The molecule has 0 unspecified atom stereocenters. The van der Waals surface area contributed by atoms with Crippen molar-refractivity contribution in [3.8, 4) is 0 Å². The molecule has 108 valence electrons. The molecule has 6 nitrogen and oxygen atoms in total. The van der Waals surface area contributed by atoms with Gasteiger partial charge in [0.25, 0.3) is 5.69 Å². The van der Waals surface area contributed by atoms with E-state index in [0.29, 0.717) is 11.3 Å². The molecule has 0 aromatic heterocycles. The molecule has 0 amide bonds. The molecule has 0 aliphatic rings. The number of hydrogen-bond acceptors (Lipinski definition) is 5. The van der Waals surface area contributed by atoms with Crippen LogP contribution in [0.5, 0.6) is 0 Å². The summed E-state index contributed by atoms with van der Waals surface area (Å²) >= 11 is 0. The van der Waals surface area contributed by atoms with Crippen LogP contribution >= 0.6 is 0 Å². The van der Waals surface area contributed by atoms with Gasteiger partial charge in [-0.2, -0.15) is 0 Å². The maximum Gasteiger partial charge on any atom is 0.338 e. The first-order valence-electron chi connectivity index (χ1n) is 6.01. The average molecular weight is 278 g/mol. The number of methoxy groups -OCH3 is 1. The number of benzene rings is 1. The van der Waals surface area contributed by atoms with Gasteiger partial charge in [0.05, 0.1) is 17.6 Å². The van der Waals surface area contributed by atoms with E-state index in [9.17, 15) is 14.9 Å². The predicted octanol–water partition coefficient (Wildman–Crippen LogP) is 3.23. The minimum Gasteiger partial charge on any atom is -0.465 e. The Balaban J connectivity index is 3.49. The number of esters is 1. The number of nitrogens with one attached hydrogen (secondary N) is 1. The van der Waals surface area contributed by atoms with Gasteiger partial charge in [-0.15, -0.1) is 0 Å². The number of carbonyl (C=O) groups is 1. The van der Waals surface area contributed by atoms with Gasteiger partial charge in [-0.25, -0.2) is 4.79 Å². The molecular formula is C14H18N2O4. The van der Waals surface area contributed by atoms with Crippen LogP contribution in [0.2, 0.25) is 0 Å². The Morgan fingerprint density at radius 2 is 2.05 bits per heavy atom. The van der Waals surface area contributed by atoms with Crippen LogP contribution in [0.1, 0.15) is 36.7 Å². The number of carbonyl (C=O) groups excluding carboxylic acids is 1. The first-order chi connectivity index (χ1) is 9.19. The number of nitrogens with zero attached hydrogens (tertiary/aromatic N) is 1. The van der Waals surface area contributed by atoms with Crippen LogP contribution < -0.4 is 5.32 Å². The van der Waals surface area contributed by atoms with Gasteiger partial charge in [-0.3, -0.25) is 10.1 Å². The Morgan fingerprint density at radius 1 is 1.45 bits per heavy atom. The van der Waals surface area contributed by atoms with Crippen molar-refractivity contribution >= 4 is 23.4 Å². The Hall–Kier alpha value is -2.37. The molecule has 1 N–H and O–H groups in total. The zero-order chi connectivity index (χ0) is 15.5. The van der Waals surface area contributed by atoms with Crippen molar-refractivity contribution in [2.45, 2.75) is 26.3 Å². The van der Waals surface area contributed by atoms with Gasteiger partial charge in [0.2, 0.25) is 0 Å². The molecule has 1 aromatic carbocycles. The summed E-state index contributed by atoms with van der Waals surface area (Å²) in [6, 6.07) is 2.74. The van der Waals surface area contributed by atoms with E-state index in [4.69, 9.17) is 0 Å². The van der Waals surface area contributed by atoms with Crippen LogP contribution in [-0.2, 0) is 4.74 Å². The summed E-state index contributed by atoms with van der Waals surface area (Å²) in [7, 11) is 1.22. The lowest BCUT2D eigenvalue weighted by molar-refractivity contribution is -0.384. The Kier molecular flexibility index (Phi) is 4.49. The van der Waals surface area contributed by atoms with Gasteiger partial charge in [0.1, 0.15) is 5.69 Å². The van der Waals surface area contributed by atoms with E-state index < -0.39 is 10.9 Å². The lowest BCUT2D eigenvalue weighted by Crippen LogP contribution is -2.26. The number of rotatable bonds is 4. The van der Waals surface area contributed by atoms with E-state index in [2.05, 4.69) is 16.6 Å². The Labute approximate surface area is 117 Å². The van der Waals surface area contributed by atoms with E-state index in [0.717, 1.165) is 0 Å². The molecule has 0 aliphatic heterocycles. The molecule has 1 aromatic rings. The van der Waals surface area contributed by atoms with Crippen LogP contribution in [-0.4, -0.2) is 23.5 Å². The number of ether oxygens (including phenoxy) is 1. The largest absolute Gasteiger partial charge is 0.465 e. The second-order valence-electron chi connectivity index (χ2n) is 5.28. The summed E-state index contributed by atoms with van der Waals surface area (Å²) in [4.78, 5) is 22.3. The van der Waals surface area contributed by atoms with Crippen molar-refractivity contribution in [3.05, 3.63) is 40.0 Å². The fourth-order valence-corrected chi connectivity index (χ4v) is 1.72. The topological polar surface area (TPSA) is 81.5 Å². The van der Waals surface area contributed by atoms with E-state index in [-0.39, 0.29) is 16.8 Å². The molecule has 0 saturated carbocycles. The van der Waals surface area contributed by atoms with Gasteiger partial charge in [-0.1, -0.05) is 12.7 Å². The molecule has 1 rings (SSSR count). The zero-order valence-electron chi connectivity index (χ0n) is 12.0. The molecule has 6 heteroatoms. The van der Waals surface area contributed by atoms with Crippen molar-refractivity contribution in [2.24, 2.45) is 0 Å². The molecule has 0 atom stereocenters. The fraction of sp³-hybridized carbons (Fsp3) is 0.357. The Morgan fingerprint density at radius 3 is 2.45 bits per heavy atom. The summed E-state index contributed by atoms with van der Waals surface area (Å²) in [6.07, 6.45) is 1.46. The standard InChI is InChI=1S/C14H18N2O4/c1-6-9-7-11(15-14(2,3)4)12(16(18)19)8-10(9)13(17)20-5/h6-8,15H,1H2,2-5H3. The van der Waals surface area contributed by atoms with Crippen molar-refractivity contribution in [2.75, 3.05) is 12.4 Å². The quantitative estimate of drug-likeness (QED) is 0.519. The molecule has 0 fully saturated rings. The van der Waals surface area contributed by atoms with E-state index in [1.807, 2.05) is 20.8 Å². The molecule has 0 aliphatic carbocycles. The zero-order valence-corrected chi connectivity index (χ0v) is 12.0. The fourth-order valence-electron chi connectivity index (χ4n) is 1.72. The lowest BCUT2D eigenvalue weighted by Gasteiger charge is -2.22. The lowest BCUT2D eigenvalue weighted by atomic mass is 10.0. The third-order valence-electron chi connectivity index (χ3n) is 2.50. The van der Waals surface area contributed by atoms with Crippen molar-refractivity contribution in [1.29, 1.82) is 0 Å². The molecule has 0 spiro atoms. The number of hydrogen-bond donors (Lipinski definition) is 1. The molecule has 0 heterocycles. The third kappa shape index (κ3) is 3.57. The van der Waals surface area contributed by atoms with Crippen molar-refractivity contribution < 1.29 is 14.5 Å². The highest BCUT2D eigenvalue weighted by atomic mass is 16.6. The maximum atomic E-state index is 11.7. The SMILES string of the molecule is C=Cc1cc(NC(C)(C)C)c([N+](=O)[O-])cc1C(=O)OC. The van der Waals surface area contributed by atoms with E-state index in [1.54, 1.807) is 0 Å². The van der Waals surface area contributed by atoms with Gasteiger partial charge >= 0.3 is 5.97 Å². The van der Waals surface area contributed by atoms with Crippen molar-refractivity contribution in [1.82, 2.24) is 0 Å². The minimum atomic E-state index is -0.634. The highest BCUT2D eigenvalue weighted by Crippen LogP contribution is 2.31. The van der Waals surface area contributed by atoms with Crippen molar-refractivity contribution in [3.63, 3.8) is 0 Å². The number of nitro groups is 1. The average Bonchev–Trinajstić information content (AvgIpc) is 2.35. The molecule has 0 saturated heterocycles. The van der Waals surface area contributed by atoms with Crippen LogP contribution in [0.25, 0.3) is 6.08 Å². The van der Waals surface area contributed by atoms with Crippen LogP contribution in [0.3, 0.4) is 0 Å². The smallest absolute Gasteiger partial charge is 0.338 e. The van der Waals surface area contributed by atoms with E-state index >= 15 is 0 Å². The summed E-state index contributed by atoms with van der Waals surface area (Å²) < 4.78 is 4.62. The first kappa shape index (κ1) is 15.7. The predicted molar refractivity (Wildman–Crippen MR) is 77.9 cm³/mol. The monoisotopic (exact) mass is 278 g/mol. The summed E-state index contributed by atoms with van der Waals surface area (Å²) in [5.74, 6) is -0.634. The van der Waals surface area contributed by atoms with Crippen LogP contribution in [0.4, 0.5) is 11.4 Å². The second-order valence-corrected chi connectivity index (χ2v) is 5.28. The van der Waals surface area contributed by atoms with Crippen LogP contribution in [0, 0.1) is 10.1 Å². The molecule has 0 bridgehead atoms. The van der Waals surface area contributed by atoms with Gasteiger partial charge in [0.15, 0.2) is 0 Å². The summed E-state index contributed by atoms with van der Waals surface area (Å²) in [5.41, 5.74) is 0.412. The summed E-state index contributed by atoms with van der Waals surface area (Å²) in [6.45, 7) is 9.28. The maximum absolute atomic E-state index is 11.7. The second kappa shape index (κ2) is 5.73.